The van der Waals surface area contributed by atoms with Gasteiger partial charge in [-0.2, -0.15) is 0 Å². The maximum Gasteiger partial charge on any atom is 0.125 e. The van der Waals surface area contributed by atoms with E-state index in [1.807, 2.05) is 24.4 Å². The molecule has 88 valence electrons. The van der Waals surface area contributed by atoms with Crippen LogP contribution >= 0.6 is 0 Å². The molecule has 0 unspecified atom stereocenters. The van der Waals surface area contributed by atoms with Crippen molar-refractivity contribution in [2.24, 2.45) is 11.8 Å². The summed E-state index contributed by atoms with van der Waals surface area (Å²) < 4.78 is 0. The Morgan fingerprint density at radius 3 is 2.56 bits per heavy atom. The first-order chi connectivity index (χ1) is 7.88. The molecule has 0 aromatic carbocycles. The molecule has 2 nitrogen and oxygen atoms in total. The Labute approximate surface area is 98.5 Å². The molecule has 1 aliphatic rings. The Morgan fingerprint density at radius 2 is 1.94 bits per heavy atom. The zero-order chi connectivity index (χ0) is 11.2. The van der Waals surface area contributed by atoms with Crippen LogP contribution in [0.5, 0.6) is 0 Å². The zero-order valence-electron chi connectivity index (χ0n) is 10.2. The van der Waals surface area contributed by atoms with Gasteiger partial charge in [-0.05, 0) is 36.8 Å². The van der Waals surface area contributed by atoms with Crippen molar-refractivity contribution >= 4 is 5.82 Å². The van der Waals surface area contributed by atoms with Crippen LogP contribution in [0.1, 0.15) is 39.0 Å². The molecule has 0 bridgehead atoms. The van der Waals surface area contributed by atoms with Crippen molar-refractivity contribution in [2.75, 3.05) is 11.9 Å². The minimum Gasteiger partial charge on any atom is -0.370 e. The number of anilines is 1. The van der Waals surface area contributed by atoms with E-state index in [2.05, 4.69) is 17.2 Å². The largest absolute Gasteiger partial charge is 0.370 e. The van der Waals surface area contributed by atoms with Gasteiger partial charge in [0.05, 0.1) is 0 Å². The average Bonchev–Trinajstić information content (AvgIpc) is 2.38. The molecule has 0 saturated heterocycles. The maximum absolute atomic E-state index is 4.28. The monoisotopic (exact) mass is 218 g/mol. The summed E-state index contributed by atoms with van der Waals surface area (Å²) in [4.78, 5) is 4.28. The summed E-state index contributed by atoms with van der Waals surface area (Å²) in [5.41, 5.74) is 0. The van der Waals surface area contributed by atoms with Crippen LogP contribution in [0.25, 0.3) is 0 Å². The Morgan fingerprint density at radius 1 is 1.19 bits per heavy atom. The Balaban J connectivity index is 1.72. The van der Waals surface area contributed by atoms with Crippen LogP contribution in [0, 0.1) is 11.8 Å². The predicted octanol–water partition coefficient (Wildman–Crippen LogP) is 3.71. The quantitative estimate of drug-likeness (QED) is 0.833. The van der Waals surface area contributed by atoms with Crippen LogP contribution in [0.15, 0.2) is 24.4 Å². The lowest BCUT2D eigenvalue weighted by Gasteiger charge is -2.27. The van der Waals surface area contributed by atoms with E-state index >= 15 is 0 Å². The SMILES string of the molecule is CCC1CCC(CNc2ccccn2)CC1. The van der Waals surface area contributed by atoms with Crippen molar-refractivity contribution in [3.63, 3.8) is 0 Å². The first-order valence-corrected chi connectivity index (χ1v) is 6.53. The molecule has 0 aliphatic heterocycles. The minimum atomic E-state index is 0.852. The summed E-state index contributed by atoms with van der Waals surface area (Å²) in [7, 11) is 0. The third kappa shape index (κ3) is 3.22. The van der Waals surface area contributed by atoms with Gasteiger partial charge in [0.1, 0.15) is 5.82 Å². The lowest BCUT2D eigenvalue weighted by atomic mass is 9.81. The number of hydrogen-bond donors (Lipinski definition) is 1. The standard InChI is InChI=1S/C14H22N2/c1-2-12-6-8-13(9-7-12)11-16-14-5-3-4-10-15-14/h3-5,10,12-13H,2,6-9,11H2,1H3,(H,15,16). The van der Waals surface area contributed by atoms with Crippen LogP contribution < -0.4 is 5.32 Å². The summed E-state index contributed by atoms with van der Waals surface area (Å²) >= 11 is 0. The first-order valence-electron chi connectivity index (χ1n) is 6.53. The fourth-order valence-electron chi connectivity index (χ4n) is 2.56. The average molecular weight is 218 g/mol. The van der Waals surface area contributed by atoms with Crippen molar-refractivity contribution in [3.05, 3.63) is 24.4 Å². The molecule has 0 radical (unpaired) electrons. The number of pyridine rings is 1. The highest BCUT2D eigenvalue weighted by molar-refractivity contribution is 5.32. The van der Waals surface area contributed by atoms with Crippen LogP contribution in [0.3, 0.4) is 0 Å². The van der Waals surface area contributed by atoms with E-state index in [0.717, 1.165) is 24.2 Å². The molecular formula is C14H22N2. The summed E-state index contributed by atoms with van der Waals surface area (Å²) in [5, 5.41) is 3.44. The van der Waals surface area contributed by atoms with Gasteiger partial charge in [-0.1, -0.05) is 32.3 Å². The topological polar surface area (TPSA) is 24.9 Å². The van der Waals surface area contributed by atoms with Crippen molar-refractivity contribution in [2.45, 2.75) is 39.0 Å². The smallest absolute Gasteiger partial charge is 0.125 e. The Hall–Kier alpha value is -1.05. The Bertz CT molecular complexity index is 289. The van der Waals surface area contributed by atoms with Gasteiger partial charge in [-0.25, -0.2) is 4.98 Å². The van der Waals surface area contributed by atoms with Gasteiger partial charge < -0.3 is 5.32 Å². The normalized spacial score (nSPS) is 25.3. The van der Waals surface area contributed by atoms with E-state index in [-0.39, 0.29) is 0 Å². The van der Waals surface area contributed by atoms with E-state index in [0.29, 0.717) is 0 Å². The number of hydrogen-bond acceptors (Lipinski definition) is 2. The van der Waals surface area contributed by atoms with Gasteiger partial charge in [0.15, 0.2) is 0 Å². The molecule has 1 aromatic heterocycles. The molecular weight excluding hydrogens is 196 g/mol. The molecule has 2 rings (SSSR count). The van der Waals surface area contributed by atoms with E-state index in [9.17, 15) is 0 Å². The van der Waals surface area contributed by atoms with E-state index in [1.54, 1.807) is 0 Å². The predicted molar refractivity (Wildman–Crippen MR) is 68.5 cm³/mol. The molecule has 0 spiro atoms. The van der Waals surface area contributed by atoms with Crippen LogP contribution in [0.2, 0.25) is 0 Å². The molecule has 1 saturated carbocycles. The molecule has 1 aromatic rings. The minimum absolute atomic E-state index is 0.852. The van der Waals surface area contributed by atoms with Crippen molar-refractivity contribution in [1.29, 1.82) is 0 Å². The second-order valence-electron chi connectivity index (χ2n) is 4.89. The molecule has 0 atom stereocenters. The van der Waals surface area contributed by atoms with Gasteiger partial charge >= 0.3 is 0 Å². The maximum atomic E-state index is 4.28. The van der Waals surface area contributed by atoms with Crippen LogP contribution in [-0.4, -0.2) is 11.5 Å². The summed E-state index contributed by atoms with van der Waals surface area (Å²) in [5.74, 6) is 2.86. The number of aromatic nitrogens is 1. The fraction of sp³-hybridized carbons (Fsp3) is 0.643. The lowest BCUT2D eigenvalue weighted by molar-refractivity contribution is 0.278. The number of rotatable bonds is 4. The molecule has 2 heteroatoms. The van der Waals surface area contributed by atoms with Crippen molar-refractivity contribution in [3.8, 4) is 0 Å². The Kier molecular flexibility index (Phi) is 4.20. The summed E-state index contributed by atoms with van der Waals surface area (Å²) in [6.45, 7) is 3.41. The summed E-state index contributed by atoms with van der Waals surface area (Å²) in [6, 6.07) is 6.03. The number of nitrogens with zero attached hydrogens (tertiary/aromatic N) is 1. The molecule has 0 amide bonds. The van der Waals surface area contributed by atoms with Gasteiger partial charge in [-0.15, -0.1) is 0 Å². The van der Waals surface area contributed by atoms with Gasteiger partial charge in [0.25, 0.3) is 0 Å². The highest BCUT2D eigenvalue weighted by atomic mass is 15.0. The molecule has 1 heterocycles. The highest BCUT2D eigenvalue weighted by Crippen LogP contribution is 2.30. The van der Waals surface area contributed by atoms with Crippen molar-refractivity contribution in [1.82, 2.24) is 4.98 Å². The lowest BCUT2D eigenvalue weighted by Crippen LogP contribution is -2.21. The van der Waals surface area contributed by atoms with E-state index in [4.69, 9.17) is 0 Å². The zero-order valence-corrected chi connectivity index (χ0v) is 10.2. The van der Waals surface area contributed by atoms with E-state index in [1.165, 1.54) is 32.1 Å². The van der Waals surface area contributed by atoms with Gasteiger partial charge in [-0.3, -0.25) is 0 Å². The van der Waals surface area contributed by atoms with Crippen LogP contribution in [0.4, 0.5) is 5.82 Å². The molecule has 1 aliphatic carbocycles. The summed E-state index contributed by atoms with van der Waals surface area (Å²) in [6.07, 6.45) is 8.82. The third-order valence-corrected chi connectivity index (χ3v) is 3.78. The highest BCUT2D eigenvalue weighted by Gasteiger charge is 2.19. The fourth-order valence-corrected chi connectivity index (χ4v) is 2.56. The van der Waals surface area contributed by atoms with Crippen LogP contribution in [-0.2, 0) is 0 Å². The second kappa shape index (κ2) is 5.88. The van der Waals surface area contributed by atoms with Gasteiger partial charge in [0.2, 0.25) is 0 Å². The molecule has 16 heavy (non-hydrogen) atoms. The molecule has 1 fully saturated rings. The third-order valence-electron chi connectivity index (χ3n) is 3.78. The van der Waals surface area contributed by atoms with E-state index < -0.39 is 0 Å². The first kappa shape index (κ1) is 11.4. The second-order valence-corrected chi connectivity index (χ2v) is 4.89. The number of nitrogens with one attached hydrogen (secondary N) is 1. The van der Waals surface area contributed by atoms with Crippen molar-refractivity contribution < 1.29 is 0 Å². The van der Waals surface area contributed by atoms with Gasteiger partial charge in [0, 0.05) is 12.7 Å². The molecule has 1 N–H and O–H groups in total.